The number of carbonyl (C=O) groups is 2. The van der Waals surface area contributed by atoms with E-state index in [1.807, 2.05) is 12.1 Å². The Kier molecular flexibility index (Phi) is 7.64. The van der Waals surface area contributed by atoms with E-state index in [1.54, 1.807) is 19.2 Å². The first-order chi connectivity index (χ1) is 13.4. The van der Waals surface area contributed by atoms with Gasteiger partial charge in [0.15, 0.2) is 6.61 Å². The van der Waals surface area contributed by atoms with E-state index in [0.717, 1.165) is 4.90 Å². The van der Waals surface area contributed by atoms with Gasteiger partial charge in [-0.25, -0.2) is 0 Å². The molecule has 0 spiro atoms. The summed E-state index contributed by atoms with van der Waals surface area (Å²) in [6.07, 6.45) is 0. The molecule has 10 heteroatoms. The number of hydrogen-bond acceptors (Lipinski definition) is 8. The summed E-state index contributed by atoms with van der Waals surface area (Å²) in [5.74, 6) is -0.253. The fourth-order valence-electron chi connectivity index (χ4n) is 2.08. The van der Waals surface area contributed by atoms with Crippen LogP contribution in [-0.2, 0) is 14.3 Å². The molecular formula is C18H18N2O7S. The van der Waals surface area contributed by atoms with Gasteiger partial charge in [-0.3, -0.25) is 19.7 Å². The van der Waals surface area contributed by atoms with Gasteiger partial charge in [-0.15, -0.1) is 11.8 Å². The lowest BCUT2D eigenvalue weighted by Gasteiger charge is -2.10. The van der Waals surface area contributed by atoms with Crippen molar-refractivity contribution in [2.45, 2.75) is 4.90 Å². The molecule has 0 bridgehead atoms. The van der Waals surface area contributed by atoms with Gasteiger partial charge in [-0.05, 0) is 30.3 Å². The number of non-ortho nitro benzene ring substituents is 1. The molecule has 0 fully saturated rings. The second kappa shape index (κ2) is 10.2. The van der Waals surface area contributed by atoms with Gasteiger partial charge in [0.1, 0.15) is 11.5 Å². The molecule has 1 N–H and O–H groups in total. The van der Waals surface area contributed by atoms with Gasteiger partial charge in [0.05, 0.1) is 36.6 Å². The number of ether oxygens (including phenoxy) is 3. The topological polar surface area (TPSA) is 117 Å². The zero-order chi connectivity index (χ0) is 20.5. The predicted molar refractivity (Wildman–Crippen MR) is 103 cm³/mol. The molecule has 2 rings (SSSR count). The van der Waals surface area contributed by atoms with Crippen LogP contribution in [0.4, 0.5) is 11.4 Å². The van der Waals surface area contributed by atoms with Crippen LogP contribution in [0.15, 0.2) is 47.4 Å². The largest absolute Gasteiger partial charge is 0.497 e. The number of nitrogens with zero attached hydrogens (tertiary/aromatic N) is 1. The number of nitrogens with one attached hydrogen (secondary N) is 1. The van der Waals surface area contributed by atoms with Crippen LogP contribution < -0.4 is 14.8 Å². The first-order valence-corrected chi connectivity index (χ1v) is 8.96. The third-order valence-corrected chi connectivity index (χ3v) is 4.44. The number of amides is 1. The summed E-state index contributed by atoms with van der Waals surface area (Å²) in [4.78, 5) is 34.8. The molecule has 0 aliphatic rings. The van der Waals surface area contributed by atoms with Crippen molar-refractivity contribution in [3.8, 4) is 11.5 Å². The Balaban J connectivity index is 1.81. The molecule has 28 heavy (non-hydrogen) atoms. The zero-order valence-electron chi connectivity index (χ0n) is 15.2. The maximum Gasteiger partial charge on any atom is 0.316 e. The number of anilines is 1. The molecule has 0 radical (unpaired) electrons. The molecule has 0 unspecified atom stereocenters. The molecule has 2 aromatic rings. The van der Waals surface area contributed by atoms with Gasteiger partial charge in [0.2, 0.25) is 0 Å². The Morgan fingerprint density at radius 3 is 2.43 bits per heavy atom. The quantitative estimate of drug-likeness (QED) is 0.292. The smallest absolute Gasteiger partial charge is 0.316 e. The van der Waals surface area contributed by atoms with E-state index in [0.29, 0.717) is 5.75 Å². The lowest BCUT2D eigenvalue weighted by atomic mass is 10.2. The minimum absolute atomic E-state index is 0.0421. The van der Waals surface area contributed by atoms with Crippen LogP contribution in [0.3, 0.4) is 0 Å². The molecule has 0 heterocycles. The molecule has 0 aliphatic heterocycles. The van der Waals surface area contributed by atoms with Gasteiger partial charge in [0, 0.05) is 11.0 Å². The molecule has 2 aromatic carbocycles. The normalized spacial score (nSPS) is 10.1. The van der Waals surface area contributed by atoms with Crippen molar-refractivity contribution in [2.24, 2.45) is 0 Å². The van der Waals surface area contributed by atoms with Crippen LogP contribution >= 0.6 is 11.8 Å². The lowest BCUT2D eigenvalue weighted by Crippen LogP contribution is -2.21. The highest BCUT2D eigenvalue weighted by Crippen LogP contribution is 2.29. The number of rotatable bonds is 9. The van der Waals surface area contributed by atoms with Gasteiger partial charge >= 0.3 is 5.97 Å². The molecule has 0 saturated heterocycles. The number of nitro benzene ring substituents is 1. The molecule has 148 valence electrons. The fourth-order valence-corrected chi connectivity index (χ4v) is 2.78. The summed E-state index contributed by atoms with van der Waals surface area (Å²) in [5, 5.41) is 13.3. The van der Waals surface area contributed by atoms with Crippen molar-refractivity contribution >= 4 is 35.0 Å². The van der Waals surface area contributed by atoms with Gasteiger partial charge in [-0.2, -0.15) is 0 Å². The summed E-state index contributed by atoms with van der Waals surface area (Å²) in [6.45, 7) is -0.484. The van der Waals surface area contributed by atoms with E-state index in [-0.39, 0.29) is 22.9 Å². The number of hydrogen-bond donors (Lipinski definition) is 1. The standard InChI is InChI=1S/C18H18N2O7S/c1-25-13-4-6-14(7-5-13)28-11-18(22)27-10-17(21)19-15-8-3-12(20(23)24)9-16(15)26-2/h3-9H,10-11H2,1-2H3,(H,19,21). The van der Waals surface area contributed by atoms with Crippen LogP contribution in [0, 0.1) is 10.1 Å². The first-order valence-electron chi connectivity index (χ1n) is 7.97. The van der Waals surface area contributed by atoms with E-state index in [1.165, 1.54) is 37.1 Å². The Morgan fingerprint density at radius 2 is 1.82 bits per heavy atom. The second-order valence-corrected chi connectivity index (χ2v) is 6.36. The maximum atomic E-state index is 12.0. The zero-order valence-corrected chi connectivity index (χ0v) is 16.0. The van der Waals surface area contributed by atoms with Gasteiger partial charge in [0.25, 0.3) is 11.6 Å². The molecule has 1 amide bonds. The Bertz CT molecular complexity index is 856. The third-order valence-electron chi connectivity index (χ3n) is 3.45. The number of nitro groups is 1. The fraction of sp³-hybridized carbons (Fsp3) is 0.222. The monoisotopic (exact) mass is 406 g/mol. The number of esters is 1. The van der Waals surface area contributed by atoms with Gasteiger partial charge < -0.3 is 19.5 Å². The number of benzene rings is 2. The van der Waals surface area contributed by atoms with Crippen LogP contribution in [0.1, 0.15) is 0 Å². The predicted octanol–water partition coefficient (Wildman–Crippen LogP) is 2.89. The molecule has 0 aliphatic carbocycles. The van der Waals surface area contributed by atoms with Crippen molar-refractivity contribution in [1.82, 2.24) is 0 Å². The number of carbonyl (C=O) groups excluding carboxylic acids is 2. The van der Waals surface area contributed by atoms with Crippen molar-refractivity contribution in [1.29, 1.82) is 0 Å². The minimum Gasteiger partial charge on any atom is -0.497 e. The van der Waals surface area contributed by atoms with Crippen LogP contribution in [-0.4, -0.2) is 43.4 Å². The Hall–Kier alpha value is -3.27. The highest BCUT2D eigenvalue weighted by Gasteiger charge is 2.14. The van der Waals surface area contributed by atoms with E-state index in [2.05, 4.69) is 5.32 Å². The Labute approximate surface area is 165 Å². The molecule has 0 saturated carbocycles. The lowest BCUT2D eigenvalue weighted by molar-refractivity contribution is -0.384. The highest BCUT2D eigenvalue weighted by molar-refractivity contribution is 8.00. The number of thioether (sulfide) groups is 1. The average Bonchev–Trinajstić information content (AvgIpc) is 2.71. The summed E-state index contributed by atoms with van der Waals surface area (Å²) in [7, 11) is 2.89. The first kappa shape index (κ1) is 21.0. The van der Waals surface area contributed by atoms with Crippen LogP contribution in [0.2, 0.25) is 0 Å². The number of methoxy groups -OCH3 is 2. The Morgan fingerprint density at radius 1 is 1.11 bits per heavy atom. The molecule has 0 aromatic heterocycles. The van der Waals surface area contributed by atoms with Crippen molar-refractivity contribution in [3.05, 3.63) is 52.6 Å². The van der Waals surface area contributed by atoms with Crippen molar-refractivity contribution in [3.63, 3.8) is 0 Å². The summed E-state index contributed by atoms with van der Waals surface area (Å²) in [5.41, 5.74) is 0.0681. The third kappa shape index (κ3) is 6.16. The SMILES string of the molecule is COc1ccc(SCC(=O)OCC(=O)Nc2ccc([N+](=O)[O-])cc2OC)cc1. The van der Waals surface area contributed by atoms with Crippen molar-refractivity contribution < 1.29 is 28.7 Å². The van der Waals surface area contributed by atoms with E-state index < -0.39 is 23.4 Å². The molecular weight excluding hydrogens is 388 g/mol. The average molecular weight is 406 g/mol. The van der Waals surface area contributed by atoms with Gasteiger partial charge in [-0.1, -0.05) is 0 Å². The van der Waals surface area contributed by atoms with Crippen LogP contribution in [0.5, 0.6) is 11.5 Å². The highest BCUT2D eigenvalue weighted by atomic mass is 32.2. The van der Waals surface area contributed by atoms with E-state index >= 15 is 0 Å². The molecule has 0 atom stereocenters. The summed E-state index contributed by atoms with van der Waals surface area (Å²) >= 11 is 1.27. The molecule has 9 nitrogen and oxygen atoms in total. The maximum absolute atomic E-state index is 12.0. The minimum atomic E-state index is -0.588. The van der Waals surface area contributed by atoms with E-state index in [4.69, 9.17) is 14.2 Å². The summed E-state index contributed by atoms with van der Waals surface area (Å²) in [6, 6.07) is 10.9. The van der Waals surface area contributed by atoms with E-state index in [9.17, 15) is 19.7 Å². The summed E-state index contributed by atoms with van der Waals surface area (Å²) < 4.78 is 15.0. The second-order valence-electron chi connectivity index (χ2n) is 5.31. The van der Waals surface area contributed by atoms with Crippen LogP contribution in [0.25, 0.3) is 0 Å². The van der Waals surface area contributed by atoms with Crippen molar-refractivity contribution in [2.75, 3.05) is 31.9 Å².